The van der Waals surface area contributed by atoms with Gasteiger partial charge in [0.1, 0.15) is 0 Å². The predicted molar refractivity (Wildman–Crippen MR) is 69.1 cm³/mol. The van der Waals surface area contributed by atoms with Gasteiger partial charge in [-0.05, 0) is 17.7 Å². The summed E-state index contributed by atoms with van der Waals surface area (Å²) in [6.45, 7) is 3.29. The molecule has 1 aliphatic rings. The fraction of sp³-hybridized carbons (Fsp3) is 0.455. The van der Waals surface area contributed by atoms with Crippen LogP contribution < -0.4 is 5.32 Å². The molecule has 0 aromatic heterocycles. The molecule has 0 aliphatic carbocycles. The van der Waals surface area contributed by atoms with Crippen molar-refractivity contribution in [3.05, 3.63) is 33.8 Å². The van der Waals surface area contributed by atoms with Gasteiger partial charge in [0.25, 0.3) is 0 Å². The van der Waals surface area contributed by atoms with Crippen LogP contribution in [0.1, 0.15) is 18.5 Å². The molecule has 15 heavy (non-hydrogen) atoms. The van der Waals surface area contributed by atoms with Gasteiger partial charge in [0.05, 0.1) is 10.0 Å². The van der Waals surface area contributed by atoms with Crippen LogP contribution in [0.3, 0.4) is 0 Å². The molecule has 1 saturated heterocycles. The van der Waals surface area contributed by atoms with Crippen LogP contribution in [0.25, 0.3) is 0 Å². The summed E-state index contributed by atoms with van der Waals surface area (Å²) in [5.41, 5.74) is 1.23. The molecular formula is C11H13Cl2NS. The second-order valence-corrected chi connectivity index (χ2v) is 6.06. The summed E-state index contributed by atoms with van der Waals surface area (Å²) in [7, 11) is 0. The molecule has 1 heterocycles. The highest BCUT2D eigenvalue weighted by molar-refractivity contribution is 8.00. The maximum atomic E-state index is 6.00. The molecule has 4 heteroatoms. The zero-order valence-electron chi connectivity index (χ0n) is 8.47. The first-order chi connectivity index (χ1) is 7.16. The van der Waals surface area contributed by atoms with Gasteiger partial charge >= 0.3 is 0 Å². The lowest BCUT2D eigenvalue weighted by molar-refractivity contribution is 0.564. The van der Waals surface area contributed by atoms with Crippen molar-refractivity contribution in [1.82, 2.24) is 5.32 Å². The average molecular weight is 262 g/mol. The van der Waals surface area contributed by atoms with E-state index in [9.17, 15) is 0 Å². The van der Waals surface area contributed by atoms with Gasteiger partial charge in [-0.25, -0.2) is 0 Å². The van der Waals surface area contributed by atoms with E-state index in [0.29, 0.717) is 21.3 Å². The number of halogens is 2. The van der Waals surface area contributed by atoms with Crippen LogP contribution in [0.15, 0.2) is 18.2 Å². The van der Waals surface area contributed by atoms with E-state index in [4.69, 9.17) is 23.2 Å². The van der Waals surface area contributed by atoms with E-state index in [1.54, 1.807) is 0 Å². The normalized spacial score (nSPS) is 26.6. The van der Waals surface area contributed by atoms with Crippen LogP contribution in [-0.2, 0) is 0 Å². The SMILES string of the molecule is CC1CNC(c2ccc(Cl)c(Cl)c2)CS1. The van der Waals surface area contributed by atoms with Crippen molar-refractivity contribution < 1.29 is 0 Å². The second-order valence-electron chi connectivity index (χ2n) is 3.78. The molecule has 1 aromatic rings. The first-order valence-electron chi connectivity index (χ1n) is 4.97. The van der Waals surface area contributed by atoms with Crippen LogP contribution in [0.2, 0.25) is 10.0 Å². The lowest BCUT2D eigenvalue weighted by Gasteiger charge is -2.27. The Morgan fingerprint density at radius 1 is 1.33 bits per heavy atom. The number of nitrogens with one attached hydrogen (secondary N) is 1. The third kappa shape index (κ3) is 2.82. The van der Waals surface area contributed by atoms with E-state index >= 15 is 0 Å². The van der Waals surface area contributed by atoms with E-state index in [-0.39, 0.29) is 0 Å². The van der Waals surface area contributed by atoms with Crippen LogP contribution in [-0.4, -0.2) is 17.5 Å². The fourth-order valence-electron chi connectivity index (χ4n) is 1.63. The largest absolute Gasteiger partial charge is 0.308 e. The van der Waals surface area contributed by atoms with Gasteiger partial charge in [-0.1, -0.05) is 36.2 Å². The second kappa shape index (κ2) is 4.96. The summed E-state index contributed by atoms with van der Waals surface area (Å²) in [6.07, 6.45) is 0. The minimum atomic E-state index is 0.404. The Bertz CT molecular complexity index is 348. The Hall–Kier alpha value is 0.110. The summed E-state index contributed by atoms with van der Waals surface area (Å²) in [6, 6.07) is 6.27. The van der Waals surface area contributed by atoms with Gasteiger partial charge in [0.15, 0.2) is 0 Å². The van der Waals surface area contributed by atoms with Crippen molar-refractivity contribution in [3.8, 4) is 0 Å². The summed E-state index contributed by atoms with van der Waals surface area (Å²) < 4.78 is 0. The maximum Gasteiger partial charge on any atom is 0.0595 e. The van der Waals surface area contributed by atoms with Crippen LogP contribution in [0.5, 0.6) is 0 Å². The first-order valence-corrected chi connectivity index (χ1v) is 6.77. The van der Waals surface area contributed by atoms with Gasteiger partial charge < -0.3 is 5.32 Å². The molecule has 2 unspecified atom stereocenters. The Balaban J connectivity index is 2.12. The van der Waals surface area contributed by atoms with Crippen LogP contribution in [0, 0.1) is 0 Å². The van der Waals surface area contributed by atoms with Crippen molar-refractivity contribution in [3.63, 3.8) is 0 Å². The first kappa shape index (κ1) is 11.6. The summed E-state index contributed by atoms with van der Waals surface area (Å²) in [5.74, 6) is 1.10. The number of benzene rings is 1. The van der Waals surface area contributed by atoms with Crippen molar-refractivity contribution in [1.29, 1.82) is 0 Å². The number of rotatable bonds is 1. The molecule has 0 saturated carbocycles. The van der Waals surface area contributed by atoms with Gasteiger partial charge in [0.2, 0.25) is 0 Å². The highest BCUT2D eigenvalue weighted by Gasteiger charge is 2.19. The highest BCUT2D eigenvalue weighted by Crippen LogP contribution is 2.30. The molecule has 2 atom stereocenters. The lowest BCUT2D eigenvalue weighted by Crippen LogP contribution is -2.34. The minimum absolute atomic E-state index is 0.404. The standard InChI is InChI=1S/C11H13Cl2NS/c1-7-5-14-11(6-15-7)8-2-3-9(12)10(13)4-8/h2-4,7,11,14H,5-6H2,1H3. The third-order valence-electron chi connectivity index (χ3n) is 2.55. The Labute approximate surface area is 105 Å². The van der Waals surface area contributed by atoms with Gasteiger partial charge in [0, 0.05) is 23.6 Å². The predicted octanol–water partition coefficient (Wildman–Crippen LogP) is 3.76. The molecule has 1 N–H and O–H groups in total. The van der Waals surface area contributed by atoms with Crippen LogP contribution in [0.4, 0.5) is 0 Å². The molecule has 0 spiro atoms. The van der Waals surface area contributed by atoms with Crippen molar-refractivity contribution in [2.45, 2.75) is 18.2 Å². The lowest BCUT2D eigenvalue weighted by atomic mass is 10.1. The smallest absolute Gasteiger partial charge is 0.0595 e. The summed E-state index contributed by atoms with van der Waals surface area (Å²) >= 11 is 13.9. The fourth-order valence-corrected chi connectivity index (χ4v) is 2.98. The van der Waals surface area contributed by atoms with Gasteiger partial charge in [-0.15, -0.1) is 0 Å². The molecule has 0 radical (unpaired) electrons. The van der Waals surface area contributed by atoms with Gasteiger partial charge in [-0.2, -0.15) is 11.8 Å². The van der Waals surface area contributed by atoms with E-state index in [2.05, 4.69) is 12.2 Å². The minimum Gasteiger partial charge on any atom is -0.308 e. The quantitative estimate of drug-likeness (QED) is 0.827. The van der Waals surface area contributed by atoms with E-state index in [1.807, 2.05) is 30.0 Å². The van der Waals surface area contributed by atoms with E-state index in [0.717, 1.165) is 12.3 Å². The molecular weight excluding hydrogens is 249 g/mol. The molecule has 1 nitrogen and oxygen atoms in total. The van der Waals surface area contributed by atoms with Gasteiger partial charge in [-0.3, -0.25) is 0 Å². The average Bonchev–Trinajstić information content (AvgIpc) is 2.23. The number of hydrogen-bond donors (Lipinski definition) is 1. The monoisotopic (exact) mass is 261 g/mol. The zero-order chi connectivity index (χ0) is 10.8. The molecule has 1 aromatic carbocycles. The molecule has 0 bridgehead atoms. The van der Waals surface area contributed by atoms with Crippen molar-refractivity contribution in [2.24, 2.45) is 0 Å². The maximum absolute atomic E-state index is 6.00. The molecule has 1 aliphatic heterocycles. The highest BCUT2D eigenvalue weighted by atomic mass is 35.5. The molecule has 82 valence electrons. The van der Waals surface area contributed by atoms with Crippen LogP contribution >= 0.6 is 35.0 Å². The number of thioether (sulfide) groups is 1. The molecule has 2 rings (SSSR count). The van der Waals surface area contributed by atoms with Crippen molar-refractivity contribution in [2.75, 3.05) is 12.3 Å². The van der Waals surface area contributed by atoms with Crippen molar-refractivity contribution >= 4 is 35.0 Å². The number of hydrogen-bond acceptors (Lipinski definition) is 2. The zero-order valence-corrected chi connectivity index (χ0v) is 10.8. The Morgan fingerprint density at radius 2 is 2.13 bits per heavy atom. The Kier molecular flexibility index (Phi) is 3.83. The Morgan fingerprint density at radius 3 is 2.73 bits per heavy atom. The third-order valence-corrected chi connectivity index (χ3v) is 4.55. The van der Waals surface area contributed by atoms with E-state index in [1.165, 1.54) is 5.56 Å². The topological polar surface area (TPSA) is 12.0 Å². The summed E-state index contributed by atoms with van der Waals surface area (Å²) in [4.78, 5) is 0. The molecule has 1 fully saturated rings. The molecule has 0 amide bonds. The summed E-state index contributed by atoms with van der Waals surface area (Å²) in [5, 5.41) is 5.47. The van der Waals surface area contributed by atoms with E-state index < -0.39 is 0 Å².